The fraction of sp³-hybridized carbons (Fsp3) is 0.400. The van der Waals surface area contributed by atoms with Crippen LogP contribution in [0.5, 0.6) is 0 Å². The van der Waals surface area contributed by atoms with Crippen LogP contribution in [0.25, 0.3) is 0 Å². The molecule has 26 heavy (non-hydrogen) atoms. The van der Waals surface area contributed by atoms with E-state index in [9.17, 15) is 4.79 Å². The number of carbonyl (C=O) groups excluding carboxylic acids is 1. The Bertz CT molecular complexity index is 724. The highest BCUT2D eigenvalue weighted by atomic mass is 35.5. The first-order chi connectivity index (χ1) is 12.5. The Balaban J connectivity index is 2.01. The van der Waals surface area contributed by atoms with Crippen molar-refractivity contribution in [1.82, 2.24) is 15.2 Å². The van der Waals surface area contributed by atoms with Crippen molar-refractivity contribution < 1.29 is 9.53 Å². The van der Waals surface area contributed by atoms with Crippen LogP contribution in [0.3, 0.4) is 0 Å². The molecule has 0 saturated carbocycles. The Labute approximate surface area is 160 Å². The summed E-state index contributed by atoms with van der Waals surface area (Å²) in [4.78, 5) is 18.9. The predicted octanol–water partition coefficient (Wildman–Crippen LogP) is 3.83. The highest BCUT2D eigenvalue weighted by Gasteiger charge is 2.18. The minimum atomic E-state index is -0.136. The van der Waals surface area contributed by atoms with Crippen LogP contribution in [0.15, 0.2) is 42.6 Å². The van der Waals surface area contributed by atoms with Gasteiger partial charge in [0.1, 0.15) is 0 Å². The molecule has 0 aliphatic carbocycles. The van der Waals surface area contributed by atoms with Crippen molar-refractivity contribution in [2.45, 2.75) is 32.9 Å². The van der Waals surface area contributed by atoms with Gasteiger partial charge in [0.2, 0.25) is 0 Å². The zero-order valence-electron chi connectivity index (χ0n) is 15.5. The molecule has 1 aromatic heterocycles. The first-order valence-electron chi connectivity index (χ1n) is 8.69. The van der Waals surface area contributed by atoms with Crippen molar-refractivity contribution >= 4 is 17.6 Å². The van der Waals surface area contributed by atoms with Gasteiger partial charge in [-0.2, -0.15) is 0 Å². The van der Waals surface area contributed by atoms with E-state index in [1.54, 1.807) is 18.2 Å². The number of rotatable bonds is 8. The highest BCUT2D eigenvalue weighted by molar-refractivity contribution is 6.31. The van der Waals surface area contributed by atoms with Gasteiger partial charge in [0.05, 0.1) is 6.61 Å². The third kappa shape index (κ3) is 6.00. The molecule has 0 radical (unpaired) electrons. The summed E-state index contributed by atoms with van der Waals surface area (Å²) in [7, 11) is 1.62. The van der Waals surface area contributed by atoms with Crippen LogP contribution < -0.4 is 5.32 Å². The molecule has 2 rings (SSSR count). The quantitative estimate of drug-likeness (QED) is 0.762. The van der Waals surface area contributed by atoms with Crippen molar-refractivity contribution in [2.75, 3.05) is 20.3 Å². The second kappa shape index (κ2) is 10.1. The van der Waals surface area contributed by atoms with E-state index in [0.29, 0.717) is 31.1 Å². The number of pyridine rings is 1. The van der Waals surface area contributed by atoms with Crippen LogP contribution in [0.2, 0.25) is 5.02 Å². The van der Waals surface area contributed by atoms with E-state index in [2.05, 4.69) is 10.3 Å². The van der Waals surface area contributed by atoms with Crippen LogP contribution in [0.1, 0.15) is 23.7 Å². The zero-order valence-corrected chi connectivity index (χ0v) is 16.3. The monoisotopic (exact) mass is 375 g/mol. The maximum absolute atomic E-state index is 12.7. The third-order valence-corrected chi connectivity index (χ3v) is 4.53. The van der Waals surface area contributed by atoms with Gasteiger partial charge in [-0.15, -0.1) is 0 Å². The molecule has 0 bridgehead atoms. The summed E-state index contributed by atoms with van der Waals surface area (Å²) in [5.74, 6) is 0. The van der Waals surface area contributed by atoms with Crippen LogP contribution in [0.4, 0.5) is 4.79 Å². The molecule has 1 atom stereocenters. The molecule has 0 aliphatic heterocycles. The molecule has 6 heteroatoms. The lowest BCUT2D eigenvalue weighted by molar-refractivity contribution is 0.145. The molecule has 0 spiro atoms. The normalized spacial score (nSPS) is 11.8. The second-order valence-corrected chi connectivity index (χ2v) is 6.73. The number of benzene rings is 1. The second-order valence-electron chi connectivity index (χ2n) is 6.33. The zero-order chi connectivity index (χ0) is 18.9. The van der Waals surface area contributed by atoms with Crippen molar-refractivity contribution in [3.63, 3.8) is 0 Å². The first kappa shape index (κ1) is 20.2. The molecule has 2 aromatic rings. The number of aryl methyl sites for hydroxylation is 1. The van der Waals surface area contributed by atoms with E-state index in [4.69, 9.17) is 16.3 Å². The van der Waals surface area contributed by atoms with Crippen molar-refractivity contribution in [3.05, 3.63) is 64.4 Å². The van der Waals surface area contributed by atoms with E-state index < -0.39 is 0 Å². The van der Waals surface area contributed by atoms with Gasteiger partial charge < -0.3 is 15.0 Å². The maximum atomic E-state index is 12.7. The Morgan fingerprint density at radius 2 is 2.08 bits per heavy atom. The number of halogens is 1. The molecular weight excluding hydrogens is 350 g/mol. The van der Waals surface area contributed by atoms with Gasteiger partial charge in [0.15, 0.2) is 0 Å². The van der Waals surface area contributed by atoms with E-state index in [1.807, 2.05) is 50.2 Å². The van der Waals surface area contributed by atoms with E-state index in [-0.39, 0.29) is 12.1 Å². The number of ether oxygens (including phenoxy) is 1. The average molecular weight is 376 g/mol. The van der Waals surface area contributed by atoms with Gasteiger partial charge in [-0.1, -0.05) is 35.9 Å². The summed E-state index contributed by atoms with van der Waals surface area (Å²) < 4.78 is 5.14. The standard InChI is InChI=1S/C20H26ClN3O2/c1-15-7-6-10-22-19(15)13-16(2)23-20(25)24(11-12-26-3)14-17-8-4-5-9-18(17)21/h4-10,16H,11-14H2,1-3H3,(H,23,25). The lowest BCUT2D eigenvalue weighted by Crippen LogP contribution is -2.45. The van der Waals surface area contributed by atoms with Gasteiger partial charge in [-0.3, -0.25) is 4.98 Å². The number of amides is 2. The fourth-order valence-electron chi connectivity index (χ4n) is 2.66. The number of nitrogens with one attached hydrogen (secondary N) is 1. The van der Waals surface area contributed by atoms with Gasteiger partial charge >= 0.3 is 6.03 Å². The molecule has 2 amide bonds. The topological polar surface area (TPSA) is 54.5 Å². The smallest absolute Gasteiger partial charge is 0.317 e. The number of methoxy groups -OCH3 is 1. The Kier molecular flexibility index (Phi) is 7.88. The summed E-state index contributed by atoms with van der Waals surface area (Å²) in [5.41, 5.74) is 3.03. The fourth-order valence-corrected chi connectivity index (χ4v) is 2.86. The lowest BCUT2D eigenvalue weighted by atomic mass is 10.1. The number of hydrogen-bond donors (Lipinski definition) is 1. The van der Waals surface area contributed by atoms with Crippen LogP contribution >= 0.6 is 11.6 Å². The summed E-state index contributed by atoms with van der Waals surface area (Å²) >= 11 is 6.24. The maximum Gasteiger partial charge on any atom is 0.317 e. The Hall–Kier alpha value is -2.11. The summed E-state index contributed by atoms with van der Waals surface area (Å²) in [5, 5.41) is 3.71. The molecule has 140 valence electrons. The summed E-state index contributed by atoms with van der Waals surface area (Å²) in [6.45, 7) is 5.40. The minimum absolute atomic E-state index is 0.0348. The van der Waals surface area contributed by atoms with Crippen LogP contribution in [0, 0.1) is 6.92 Å². The Morgan fingerprint density at radius 3 is 2.77 bits per heavy atom. The van der Waals surface area contributed by atoms with Gasteiger partial charge in [0, 0.05) is 49.6 Å². The highest BCUT2D eigenvalue weighted by Crippen LogP contribution is 2.17. The van der Waals surface area contributed by atoms with E-state index in [0.717, 1.165) is 16.8 Å². The van der Waals surface area contributed by atoms with Crippen molar-refractivity contribution in [1.29, 1.82) is 0 Å². The molecule has 1 unspecified atom stereocenters. The van der Waals surface area contributed by atoms with Crippen LogP contribution in [-0.4, -0.2) is 42.2 Å². The Morgan fingerprint density at radius 1 is 1.31 bits per heavy atom. The largest absolute Gasteiger partial charge is 0.383 e. The number of carbonyl (C=O) groups is 1. The lowest BCUT2D eigenvalue weighted by Gasteiger charge is -2.25. The average Bonchev–Trinajstić information content (AvgIpc) is 2.62. The molecule has 0 fully saturated rings. The molecule has 1 N–H and O–H groups in total. The van der Waals surface area contributed by atoms with E-state index >= 15 is 0 Å². The molecule has 1 aromatic carbocycles. The number of nitrogens with zero attached hydrogens (tertiary/aromatic N) is 2. The molecule has 0 aliphatic rings. The number of urea groups is 1. The summed E-state index contributed by atoms with van der Waals surface area (Å²) in [6, 6.07) is 11.3. The minimum Gasteiger partial charge on any atom is -0.383 e. The molecular formula is C20H26ClN3O2. The van der Waals surface area contributed by atoms with Crippen molar-refractivity contribution in [3.8, 4) is 0 Å². The third-order valence-electron chi connectivity index (χ3n) is 4.16. The van der Waals surface area contributed by atoms with Gasteiger partial charge in [0.25, 0.3) is 0 Å². The van der Waals surface area contributed by atoms with Gasteiger partial charge in [-0.05, 0) is 37.1 Å². The molecule has 0 saturated heterocycles. The first-order valence-corrected chi connectivity index (χ1v) is 9.07. The van der Waals surface area contributed by atoms with Crippen molar-refractivity contribution in [2.24, 2.45) is 0 Å². The molecule has 1 heterocycles. The SMILES string of the molecule is COCCN(Cc1ccccc1Cl)C(=O)NC(C)Cc1ncccc1C. The predicted molar refractivity (Wildman–Crippen MR) is 104 cm³/mol. The van der Waals surface area contributed by atoms with Gasteiger partial charge in [-0.25, -0.2) is 4.79 Å². The number of hydrogen-bond acceptors (Lipinski definition) is 3. The summed E-state index contributed by atoms with van der Waals surface area (Å²) in [6.07, 6.45) is 2.46. The van der Waals surface area contributed by atoms with E-state index in [1.165, 1.54) is 0 Å². The van der Waals surface area contributed by atoms with Crippen LogP contribution in [-0.2, 0) is 17.7 Å². The molecule has 5 nitrogen and oxygen atoms in total. The number of aromatic nitrogens is 1.